The van der Waals surface area contributed by atoms with E-state index in [0.717, 1.165) is 73.6 Å². The number of hydrogen-bond acceptors (Lipinski definition) is 6. The number of piperazine rings is 1. The Morgan fingerprint density at radius 3 is 2.58 bits per heavy atom. The minimum absolute atomic E-state index is 0.236. The van der Waals surface area contributed by atoms with E-state index in [9.17, 15) is 9.59 Å². The lowest BCUT2D eigenvalue weighted by atomic mass is 9.93. The van der Waals surface area contributed by atoms with Gasteiger partial charge in [0.1, 0.15) is 5.76 Å². The van der Waals surface area contributed by atoms with Gasteiger partial charge < -0.3 is 9.32 Å². The summed E-state index contributed by atoms with van der Waals surface area (Å²) >= 11 is 0. The van der Waals surface area contributed by atoms with Crippen molar-refractivity contribution in [2.24, 2.45) is 5.10 Å². The lowest BCUT2D eigenvalue weighted by molar-refractivity contribution is 0.0634. The zero-order valence-corrected chi connectivity index (χ0v) is 18.3. The molecule has 0 radical (unpaired) electrons. The second-order valence-corrected chi connectivity index (χ2v) is 8.31. The molecule has 0 unspecified atom stereocenters. The lowest BCUT2D eigenvalue weighted by Gasteiger charge is -2.32. The quantitative estimate of drug-likeness (QED) is 0.737. The average Bonchev–Trinajstić information content (AvgIpc) is 3.11. The van der Waals surface area contributed by atoms with Crippen molar-refractivity contribution in [1.82, 2.24) is 20.8 Å². The lowest BCUT2D eigenvalue weighted by Crippen LogP contribution is -2.52. The van der Waals surface area contributed by atoms with Crippen molar-refractivity contribution in [2.45, 2.75) is 33.1 Å². The highest BCUT2D eigenvalue weighted by Crippen LogP contribution is 2.30. The number of carbonyl (C=O) groups is 2. The van der Waals surface area contributed by atoms with Gasteiger partial charge in [-0.1, -0.05) is 17.7 Å². The van der Waals surface area contributed by atoms with E-state index >= 15 is 0 Å². The number of fused-ring (bicyclic) bond motifs is 1. The molecule has 2 amide bonds. The molecule has 1 saturated heterocycles. The zero-order chi connectivity index (χ0) is 22.0. The number of hydrogen-bond donors (Lipinski definition) is 2. The highest BCUT2D eigenvalue weighted by molar-refractivity contribution is 6.07. The van der Waals surface area contributed by atoms with Gasteiger partial charge in [0.15, 0.2) is 5.76 Å². The average molecular weight is 424 g/mol. The van der Waals surface area contributed by atoms with Crippen molar-refractivity contribution in [1.29, 1.82) is 0 Å². The molecule has 2 heterocycles. The van der Waals surface area contributed by atoms with E-state index in [4.69, 9.17) is 4.42 Å². The van der Waals surface area contributed by atoms with Gasteiger partial charge in [-0.2, -0.15) is 5.10 Å². The van der Waals surface area contributed by atoms with Crippen LogP contribution in [-0.2, 0) is 6.42 Å². The molecule has 4 rings (SSSR count). The van der Waals surface area contributed by atoms with Crippen LogP contribution in [0.1, 0.15) is 56.2 Å². The maximum atomic E-state index is 12.9. The Labute approximate surface area is 182 Å². The highest BCUT2D eigenvalue weighted by Gasteiger charge is 2.29. The van der Waals surface area contributed by atoms with Crippen LogP contribution in [-0.4, -0.2) is 60.7 Å². The summed E-state index contributed by atoms with van der Waals surface area (Å²) in [5.41, 5.74) is 9.58. The Balaban J connectivity index is 1.50. The number of rotatable bonds is 4. The predicted octanol–water partition coefficient (Wildman–Crippen LogP) is 2.26. The summed E-state index contributed by atoms with van der Waals surface area (Å²) in [5.74, 6) is 0.594. The van der Waals surface area contributed by atoms with E-state index in [2.05, 4.69) is 27.9 Å². The summed E-state index contributed by atoms with van der Waals surface area (Å²) in [7, 11) is 2.07. The molecule has 8 nitrogen and oxygen atoms in total. The van der Waals surface area contributed by atoms with Crippen LogP contribution in [0.3, 0.4) is 0 Å². The van der Waals surface area contributed by atoms with Gasteiger partial charge in [0.05, 0.1) is 5.71 Å². The van der Waals surface area contributed by atoms with Crippen molar-refractivity contribution in [3.05, 3.63) is 58.0 Å². The molecule has 0 atom stereocenters. The monoisotopic (exact) mass is 423 g/mol. The van der Waals surface area contributed by atoms with E-state index in [1.807, 2.05) is 37.1 Å². The predicted molar refractivity (Wildman–Crippen MR) is 118 cm³/mol. The molecule has 31 heavy (non-hydrogen) atoms. The van der Waals surface area contributed by atoms with Crippen molar-refractivity contribution < 1.29 is 14.0 Å². The number of likely N-dealkylation sites (N-methyl/N-ethyl adjacent to an activating group) is 1. The van der Waals surface area contributed by atoms with Crippen molar-refractivity contribution in [3.8, 4) is 0 Å². The first-order valence-corrected chi connectivity index (χ1v) is 10.7. The van der Waals surface area contributed by atoms with Gasteiger partial charge in [0.25, 0.3) is 5.91 Å². The number of benzene rings is 1. The molecule has 1 fully saturated rings. The van der Waals surface area contributed by atoms with Crippen LogP contribution in [0.5, 0.6) is 0 Å². The van der Waals surface area contributed by atoms with E-state index in [1.54, 1.807) is 6.07 Å². The van der Waals surface area contributed by atoms with E-state index in [1.165, 1.54) is 0 Å². The zero-order valence-electron chi connectivity index (χ0n) is 18.3. The molecule has 1 aliphatic carbocycles. The normalized spacial score (nSPS) is 18.6. The second kappa shape index (κ2) is 9.03. The molecule has 0 spiro atoms. The Hall–Kier alpha value is -2.97. The molecule has 2 aromatic rings. The molecule has 164 valence electrons. The number of nitrogens with one attached hydrogen (secondary N) is 2. The smallest absolute Gasteiger partial charge is 0.301 e. The topological polar surface area (TPSA) is 90.2 Å². The molecule has 8 heteroatoms. The minimum atomic E-state index is -0.252. The fraction of sp³-hybridized carbons (Fsp3) is 0.435. The highest BCUT2D eigenvalue weighted by atomic mass is 16.4. The van der Waals surface area contributed by atoms with Crippen LogP contribution >= 0.6 is 0 Å². The van der Waals surface area contributed by atoms with Gasteiger partial charge in [-0.3, -0.25) is 15.0 Å². The fourth-order valence-electron chi connectivity index (χ4n) is 4.08. The molecular formula is C23H29N5O3. The fourth-order valence-corrected chi connectivity index (χ4v) is 4.08. The number of hydrazone groups is 1. The Bertz CT molecular complexity index is 1020. The Morgan fingerprint density at radius 1 is 1.06 bits per heavy atom. The molecule has 1 aromatic heterocycles. The molecule has 0 bridgehead atoms. The van der Waals surface area contributed by atoms with Gasteiger partial charge in [-0.05, 0) is 45.9 Å². The summed E-state index contributed by atoms with van der Waals surface area (Å²) in [4.78, 5) is 27.6. The molecule has 2 N–H and O–H groups in total. The molecule has 1 aliphatic heterocycles. The third-order valence-corrected chi connectivity index (χ3v) is 5.87. The van der Waals surface area contributed by atoms with Gasteiger partial charge >= 0.3 is 5.91 Å². The van der Waals surface area contributed by atoms with Crippen molar-refractivity contribution >= 4 is 17.5 Å². The molecule has 1 aromatic carbocycles. The second-order valence-electron chi connectivity index (χ2n) is 8.31. The summed E-state index contributed by atoms with van der Waals surface area (Å²) in [6, 6.07) is 7.38. The summed E-state index contributed by atoms with van der Waals surface area (Å²) < 4.78 is 5.96. The number of aryl methyl sites for hydroxylation is 2. The SMILES string of the molecule is Cc1cccc(C(=O)N/N=C2\CCCc3oc(C(=O)NN4CCN(C)CC4)c(C)c32)c1. The van der Waals surface area contributed by atoms with Gasteiger partial charge in [-0.15, -0.1) is 0 Å². The number of carbonyl (C=O) groups excluding carboxylic acids is 2. The van der Waals surface area contributed by atoms with E-state index in [0.29, 0.717) is 11.3 Å². The first-order chi connectivity index (χ1) is 14.9. The van der Waals surface area contributed by atoms with Gasteiger partial charge in [0, 0.05) is 49.3 Å². The number of amides is 2. The molecule has 2 aliphatic rings. The summed E-state index contributed by atoms with van der Waals surface area (Å²) in [6.07, 6.45) is 2.34. The van der Waals surface area contributed by atoms with Crippen LogP contribution < -0.4 is 10.9 Å². The van der Waals surface area contributed by atoms with Crippen LogP contribution in [0, 0.1) is 13.8 Å². The van der Waals surface area contributed by atoms with Crippen LogP contribution in [0.25, 0.3) is 0 Å². The first-order valence-electron chi connectivity index (χ1n) is 10.7. The maximum absolute atomic E-state index is 12.9. The largest absolute Gasteiger partial charge is 0.455 e. The van der Waals surface area contributed by atoms with Crippen LogP contribution in [0.15, 0.2) is 33.8 Å². The van der Waals surface area contributed by atoms with Crippen LogP contribution in [0.4, 0.5) is 0 Å². The first kappa shape index (κ1) is 21.3. The third kappa shape index (κ3) is 4.70. The van der Waals surface area contributed by atoms with Crippen LogP contribution in [0.2, 0.25) is 0 Å². The van der Waals surface area contributed by atoms with Gasteiger partial charge in [0.2, 0.25) is 0 Å². The molecule has 0 saturated carbocycles. The summed E-state index contributed by atoms with van der Waals surface area (Å²) in [6.45, 7) is 7.19. The van der Waals surface area contributed by atoms with E-state index < -0.39 is 0 Å². The van der Waals surface area contributed by atoms with Gasteiger partial charge in [-0.25, -0.2) is 10.4 Å². The Kier molecular flexibility index (Phi) is 6.20. The van der Waals surface area contributed by atoms with Crippen molar-refractivity contribution in [2.75, 3.05) is 33.2 Å². The standard InChI is InChI=1S/C23H29N5O3/c1-15-6-4-7-17(14-15)22(29)25-24-18-8-5-9-19-20(18)16(2)21(31-19)23(30)26-28-12-10-27(3)11-13-28/h4,6-7,14H,5,8-13H2,1-3H3,(H,25,29)(H,26,30)/b24-18+. The van der Waals surface area contributed by atoms with Crippen molar-refractivity contribution in [3.63, 3.8) is 0 Å². The number of nitrogens with zero attached hydrogens (tertiary/aromatic N) is 3. The van der Waals surface area contributed by atoms with E-state index in [-0.39, 0.29) is 11.8 Å². The number of hydrazine groups is 1. The molecular weight excluding hydrogens is 394 g/mol. The maximum Gasteiger partial charge on any atom is 0.301 e. The third-order valence-electron chi connectivity index (χ3n) is 5.87. The number of furan rings is 1. The minimum Gasteiger partial charge on any atom is -0.455 e. The Morgan fingerprint density at radius 2 is 1.84 bits per heavy atom. The summed E-state index contributed by atoms with van der Waals surface area (Å²) in [5, 5.41) is 6.33.